The maximum absolute atomic E-state index is 13.7. The molecule has 0 unspecified atom stereocenters. The molecule has 0 saturated heterocycles. The van der Waals surface area contributed by atoms with Gasteiger partial charge in [-0.15, -0.1) is 0 Å². The molecule has 0 atom stereocenters. The highest BCUT2D eigenvalue weighted by Gasteiger charge is 2.12. The first kappa shape index (κ1) is 17.1. The van der Waals surface area contributed by atoms with Gasteiger partial charge in [-0.3, -0.25) is 9.69 Å². The van der Waals surface area contributed by atoms with Gasteiger partial charge in [0.25, 0.3) is 0 Å². The van der Waals surface area contributed by atoms with E-state index in [1.54, 1.807) is 19.2 Å². The maximum Gasteiger partial charge on any atom is 0.306 e. The molecule has 0 aliphatic carbocycles. The van der Waals surface area contributed by atoms with Gasteiger partial charge >= 0.3 is 5.97 Å². The van der Waals surface area contributed by atoms with Crippen LogP contribution < -0.4 is 0 Å². The molecule has 0 spiro atoms. The topological polar surface area (TPSA) is 38.8 Å². The number of carbonyl (C=O) groups excluding carboxylic acids is 1. The Balaban J connectivity index is 2.67. The van der Waals surface area contributed by atoms with Gasteiger partial charge in [-0.1, -0.05) is 15.9 Å². The van der Waals surface area contributed by atoms with Crippen molar-refractivity contribution in [2.75, 3.05) is 33.9 Å². The number of rotatable bonds is 8. The monoisotopic (exact) mass is 347 g/mol. The van der Waals surface area contributed by atoms with E-state index in [-0.39, 0.29) is 18.2 Å². The normalized spacial score (nSPS) is 10.8. The van der Waals surface area contributed by atoms with Gasteiger partial charge in [-0.25, -0.2) is 4.39 Å². The van der Waals surface area contributed by atoms with Crippen LogP contribution >= 0.6 is 15.9 Å². The zero-order chi connectivity index (χ0) is 15.0. The van der Waals surface area contributed by atoms with Gasteiger partial charge in [0.15, 0.2) is 0 Å². The Morgan fingerprint density at radius 3 is 2.75 bits per heavy atom. The highest BCUT2D eigenvalue weighted by molar-refractivity contribution is 9.10. The fourth-order valence-corrected chi connectivity index (χ4v) is 2.16. The summed E-state index contributed by atoms with van der Waals surface area (Å²) in [4.78, 5) is 13.2. The number of hydrogen-bond acceptors (Lipinski definition) is 4. The number of carbonyl (C=O) groups is 1. The molecule has 1 aromatic rings. The summed E-state index contributed by atoms with van der Waals surface area (Å²) in [5.74, 6) is -0.532. The molecule has 0 fully saturated rings. The predicted octanol–water partition coefficient (Wildman–Crippen LogP) is 2.60. The summed E-state index contributed by atoms with van der Waals surface area (Å²) in [5, 5.41) is 0. The Labute approximate surface area is 127 Å². The van der Waals surface area contributed by atoms with Crippen molar-refractivity contribution in [3.8, 4) is 0 Å². The van der Waals surface area contributed by atoms with E-state index in [1.165, 1.54) is 13.2 Å². The van der Waals surface area contributed by atoms with Gasteiger partial charge in [0.1, 0.15) is 5.82 Å². The van der Waals surface area contributed by atoms with Crippen molar-refractivity contribution in [1.82, 2.24) is 4.90 Å². The van der Waals surface area contributed by atoms with Crippen LogP contribution in [0.4, 0.5) is 4.39 Å². The van der Waals surface area contributed by atoms with Crippen LogP contribution in [0, 0.1) is 5.82 Å². The van der Waals surface area contributed by atoms with Gasteiger partial charge in [-0.05, 0) is 18.2 Å². The average molecular weight is 348 g/mol. The van der Waals surface area contributed by atoms with Crippen molar-refractivity contribution in [1.29, 1.82) is 0 Å². The number of halogens is 2. The SMILES string of the molecule is COCCN(CCC(=O)OC)Cc1cc(Br)ccc1F. The van der Waals surface area contributed by atoms with E-state index in [1.807, 2.05) is 4.90 Å². The highest BCUT2D eigenvalue weighted by atomic mass is 79.9. The fraction of sp³-hybridized carbons (Fsp3) is 0.500. The molecule has 0 amide bonds. The quantitative estimate of drug-likeness (QED) is 0.677. The predicted molar refractivity (Wildman–Crippen MR) is 77.9 cm³/mol. The van der Waals surface area contributed by atoms with Crippen molar-refractivity contribution >= 4 is 21.9 Å². The first-order valence-electron chi connectivity index (χ1n) is 6.29. The van der Waals surface area contributed by atoms with Crippen LogP contribution in [-0.2, 0) is 20.8 Å². The standard InChI is InChI=1S/C14H19BrFNO3/c1-19-8-7-17(6-5-14(18)20-2)10-11-9-12(15)3-4-13(11)16/h3-4,9H,5-8,10H2,1-2H3. The number of nitrogens with zero attached hydrogens (tertiary/aromatic N) is 1. The third-order valence-corrected chi connectivity index (χ3v) is 3.37. The largest absolute Gasteiger partial charge is 0.469 e. The van der Waals surface area contributed by atoms with Gasteiger partial charge < -0.3 is 9.47 Å². The Bertz CT molecular complexity index is 442. The summed E-state index contributed by atoms with van der Waals surface area (Å²) >= 11 is 3.33. The number of hydrogen-bond donors (Lipinski definition) is 0. The molecule has 0 aliphatic rings. The second-order valence-electron chi connectivity index (χ2n) is 4.33. The molecule has 0 saturated carbocycles. The van der Waals surface area contributed by atoms with Crippen LogP contribution in [0.2, 0.25) is 0 Å². The molecule has 0 radical (unpaired) electrons. The minimum Gasteiger partial charge on any atom is -0.469 e. The third kappa shape index (κ3) is 5.98. The summed E-state index contributed by atoms with van der Waals surface area (Å²) < 4.78 is 24.2. The number of methoxy groups -OCH3 is 2. The molecule has 6 heteroatoms. The van der Waals surface area contributed by atoms with Gasteiger partial charge in [0.2, 0.25) is 0 Å². The Hall–Kier alpha value is -0.980. The second kappa shape index (κ2) is 9.05. The molecular weight excluding hydrogens is 329 g/mol. The summed E-state index contributed by atoms with van der Waals surface area (Å²) in [7, 11) is 2.97. The molecule has 112 valence electrons. The van der Waals surface area contributed by atoms with Crippen LogP contribution in [0.25, 0.3) is 0 Å². The van der Waals surface area contributed by atoms with Crippen LogP contribution in [-0.4, -0.2) is 44.8 Å². The van der Waals surface area contributed by atoms with E-state index in [4.69, 9.17) is 4.74 Å². The first-order valence-corrected chi connectivity index (χ1v) is 7.08. The van der Waals surface area contributed by atoms with Gasteiger partial charge in [-0.2, -0.15) is 0 Å². The molecule has 1 rings (SSSR count). The molecule has 0 heterocycles. The van der Waals surface area contributed by atoms with Crippen LogP contribution in [0.1, 0.15) is 12.0 Å². The summed E-state index contributed by atoms with van der Waals surface area (Å²) in [6, 6.07) is 4.83. The van der Waals surface area contributed by atoms with Crippen LogP contribution in [0.5, 0.6) is 0 Å². The zero-order valence-corrected chi connectivity index (χ0v) is 13.3. The van der Waals surface area contributed by atoms with Crippen molar-refractivity contribution in [2.24, 2.45) is 0 Å². The average Bonchev–Trinajstić information content (AvgIpc) is 2.45. The lowest BCUT2D eigenvalue weighted by Gasteiger charge is -2.21. The van der Waals surface area contributed by atoms with E-state index in [0.29, 0.717) is 31.8 Å². The lowest BCUT2D eigenvalue weighted by atomic mass is 10.2. The Morgan fingerprint density at radius 2 is 2.10 bits per heavy atom. The number of ether oxygens (including phenoxy) is 2. The molecular formula is C14H19BrFNO3. The Morgan fingerprint density at radius 1 is 1.35 bits per heavy atom. The molecule has 1 aromatic carbocycles. The summed E-state index contributed by atoms with van der Waals surface area (Å²) in [6.07, 6.45) is 0.274. The minimum absolute atomic E-state index is 0.256. The van der Waals surface area contributed by atoms with E-state index in [0.717, 1.165) is 4.47 Å². The van der Waals surface area contributed by atoms with E-state index in [2.05, 4.69) is 20.7 Å². The van der Waals surface area contributed by atoms with Crippen molar-refractivity contribution < 1.29 is 18.7 Å². The minimum atomic E-state index is -0.276. The summed E-state index contributed by atoms with van der Waals surface area (Å²) in [5.41, 5.74) is 0.584. The molecule has 20 heavy (non-hydrogen) atoms. The van der Waals surface area contributed by atoms with E-state index in [9.17, 15) is 9.18 Å². The van der Waals surface area contributed by atoms with E-state index < -0.39 is 0 Å². The summed E-state index contributed by atoms with van der Waals surface area (Å²) in [6.45, 7) is 2.07. The van der Waals surface area contributed by atoms with Crippen LogP contribution in [0.3, 0.4) is 0 Å². The zero-order valence-electron chi connectivity index (χ0n) is 11.7. The molecule has 0 N–H and O–H groups in total. The highest BCUT2D eigenvalue weighted by Crippen LogP contribution is 2.17. The molecule has 0 aliphatic heterocycles. The smallest absolute Gasteiger partial charge is 0.306 e. The second-order valence-corrected chi connectivity index (χ2v) is 5.25. The van der Waals surface area contributed by atoms with E-state index >= 15 is 0 Å². The number of esters is 1. The van der Waals surface area contributed by atoms with Crippen molar-refractivity contribution in [3.63, 3.8) is 0 Å². The third-order valence-electron chi connectivity index (χ3n) is 2.87. The Kier molecular flexibility index (Phi) is 7.72. The van der Waals surface area contributed by atoms with Gasteiger partial charge in [0, 0.05) is 36.8 Å². The lowest BCUT2D eigenvalue weighted by molar-refractivity contribution is -0.141. The maximum atomic E-state index is 13.7. The molecule has 4 nitrogen and oxygen atoms in total. The van der Waals surface area contributed by atoms with Crippen LogP contribution in [0.15, 0.2) is 22.7 Å². The first-order chi connectivity index (χ1) is 9.56. The van der Waals surface area contributed by atoms with Crippen molar-refractivity contribution in [2.45, 2.75) is 13.0 Å². The fourth-order valence-electron chi connectivity index (χ4n) is 1.75. The van der Waals surface area contributed by atoms with Crippen molar-refractivity contribution in [3.05, 3.63) is 34.1 Å². The number of benzene rings is 1. The molecule has 0 aromatic heterocycles. The van der Waals surface area contributed by atoms with Gasteiger partial charge in [0.05, 0.1) is 20.1 Å². The molecule has 0 bridgehead atoms. The lowest BCUT2D eigenvalue weighted by Crippen LogP contribution is -2.30.